The molecule has 4 heteroatoms. The Kier molecular flexibility index (Phi) is 3.06. The number of hydrogen-bond donors (Lipinski definition) is 1. The van der Waals surface area contributed by atoms with Crippen LogP contribution < -0.4 is 5.43 Å². The van der Waals surface area contributed by atoms with Crippen molar-refractivity contribution in [1.29, 1.82) is 0 Å². The number of amides is 1. The SMILES string of the molecule is CC(C)(C)C(=O)NN=Cc1ccco1. The van der Waals surface area contributed by atoms with E-state index >= 15 is 0 Å². The lowest BCUT2D eigenvalue weighted by Crippen LogP contribution is -2.31. The maximum absolute atomic E-state index is 11.3. The largest absolute Gasteiger partial charge is 0.463 e. The van der Waals surface area contributed by atoms with Gasteiger partial charge in [-0.1, -0.05) is 20.8 Å². The molecule has 1 aromatic rings. The molecule has 4 nitrogen and oxygen atoms in total. The van der Waals surface area contributed by atoms with Gasteiger partial charge in [-0.15, -0.1) is 0 Å². The molecule has 0 saturated heterocycles. The van der Waals surface area contributed by atoms with Gasteiger partial charge in [-0.05, 0) is 12.1 Å². The van der Waals surface area contributed by atoms with E-state index in [1.165, 1.54) is 6.21 Å². The van der Waals surface area contributed by atoms with E-state index in [1.807, 2.05) is 20.8 Å². The molecule has 76 valence electrons. The van der Waals surface area contributed by atoms with Crippen LogP contribution in [0.2, 0.25) is 0 Å². The number of carbonyl (C=O) groups is 1. The summed E-state index contributed by atoms with van der Waals surface area (Å²) in [6, 6.07) is 3.51. The van der Waals surface area contributed by atoms with Crippen LogP contribution in [0.3, 0.4) is 0 Å². The zero-order chi connectivity index (χ0) is 10.6. The monoisotopic (exact) mass is 194 g/mol. The molecule has 0 radical (unpaired) electrons. The van der Waals surface area contributed by atoms with Crippen molar-refractivity contribution in [2.45, 2.75) is 20.8 Å². The minimum atomic E-state index is -0.430. The van der Waals surface area contributed by atoms with Crippen molar-refractivity contribution in [3.05, 3.63) is 24.2 Å². The van der Waals surface area contributed by atoms with Gasteiger partial charge in [-0.3, -0.25) is 4.79 Å². The van der Waals surface area contributed by atoms with Crippen molar-refractivity contribution in [2.24, 2.45) is 10.5 Å². The van der Waals surface area contributed by atoms with Crippen LogP contribution in [0.4, 0.5) is 0 Å². The van der Waals surface area contributed by atoms with E-state index in [0.717, 1.165) is 0 Å². The average Bonchev–Trinajstić information content (AvgIpc) is 2.55. The smallest absolute Gasteiger partial charge is 0.245 e. The molecule has 0 unspecified atom stereocenters. The van der Waals surface area contributed by atoms with Crippen LogP contribution in [0, 0.1) is 5.41 Å². The number of nitrogens with one attached hydrogen (secondary N) is 1. The van der Waals surface area contributed by atoms with E-state index in [1.54, 1.807) is 18.4 Å². The summed E-state index contributed by atoms with van der Waals surface area (Å²) in [7, 11) is 0. The summed E-state index contributed by atoms with van der Waals surface area (Å²) in [5.74, 6) is 0.486. The van der Waals surface area contributed by atoms with Gasteiger partial charge in [0.1, 0.15) is 5.76 Å². The van der Waals surface area contributed by atoms with E-state index in [4.69, 9.17) is 4.42 Å². The highest BCUT2D eigenvalue weighted by Gasteiger charge is 2.20. The number of hydrogen-bond acceptors (Lipinski definition) is 3. The van der Waals surface area contributed by atoms with Crippen molar-refractivity contribution in [3.63, 3.8) is 0 Å². The van der Waals surface area contributed by atoms with Gasteiger partial charge in [0.25, 0.3) is 0 Å². The van der Waals surface area contributed by atoms with Crippen molar-refractivity contribution in [2.75, 3.05) is 0 Å². The number of carbonyl (C=O) groups excluding carboxylic acids is 1. The number of hydrazone groups is 1. The van der Waals surface area contributed by atoms with Gasteiger partial charge in [0.15, 0.2) is 0 Å². The molecule has 0 aliphatic heterocycles. The summed E-state index contributed by atoms with van der Waals surface area (Å²) >= 11 is 0. The predicted molar refractivity (Wildman–Crippen MR) is 53.9 cm³/mol. The maximum Gasteiger partial charge on any atom is 0.245 e. The van der Waals surface area contributed by atoms with Crippen LogP contribution in [0.1, 0.15) is 26.5 Å². The van der Waals surface area contributed by atoms with Crippen LogP contribution >= 0.6 is 0 Å². The van der Waals surface area contributed by atoms with Crippen LogP contribution in [0.25, 0.3) is 0 Å². The highest BCUT2D eigenvalue weighted by molar-refractivity contribution is 5.83. The van der Waals surface area contributed by atoms with E-state index in [2.05, 4.69) is 10.5 Å². The molecular weight excluding hydrogens is 180 g/mol. The summed E-state index contributed by atoms with van der Waals surface area (Å²) in [6.07, 6.45) is 3.01. The first kappa shape index (κ1) is 10.5. The van der Waals surface area contributed by atoms with Crippen LogP contribution in [0.15, 0.2) is 27.9 Å². The Bertz CT molecular complexity index is 320. The van der Waals surface area contributed by atoms with Gasteiger partial charge in [0, 0.05) is 5.41 Å². The van der Waals surface area contributed by atoms with Crippen molar-refractivity contribution >= 4 is 12.1 Å². The maximum atomic E-state index is 11.3. The third-order valence-electron chi connectivity index (χ3n) is 1.58. The van der Waals surface area contributed by atoms with E-state index in [-0.39, 0.29) is 5.91 Å². The molecule has 14 heavy (non-hydrogen) atoms. The lowest BCUT2D eigenvalue weighted by atomic mass is 9.96. The average molecular weight is 194 g/mol. The fraction of sp³-hybridized carbons (Fsp3) is 0.400. The molecule has 0 fully saturated rings. The van der Waals surface area contributed by atoms with Gasteiger partial charge in [-0.2, -0.15) is 5.10 Å². The summed E-state index contributed by atoms with van der Waals surface area (Å²) < 4.78 is 5.00. The van der Waals surface area contributed by atoms with Gasteiger partial charge in [-0.25, -0.2) is 5.43 Å². The zero-order valence-electron chi connectivity index (χ0n) is 8.57. The Morgan fingerprint density at radius 2 is 2.29 bits per heavy atom. The number of nitrogens with zero attached hydrogens (tertiary/aromatic N) is 1. The Morgan fingerprint density at radius 3 is 2.79 bits per heavy atom. The second kappa shape index (κ2) is 4.09. The molecule has 1 aromatic heterocycles. The van der Waals surface area contributed by atoms with Gasteiger partial charge < -0.3 is 4.42 Å². The second-order valence-corrected chi connectivity index (χ2v) is 3.96. The predicted octanol–water partition coefficient (Wildman–Crippen LogP) is 1.78. The van der Waals surface area contributed by atoms with Gasteiger partial charge >= 0.3 is 0 Å². The molecule has 0 saturated carbocycles. The first-order valence-corrected chi connectivity index (χ1v) is 4.37. The van der Waals surface area contributed by atoms with Crippen molar-refractivity contribution in [3.8, 4) is 0 Å². The van der Waals surface area contributed by atoms with Crippen molar-refractivity contribution in [1.82, 2.24) is 5.43 Å². The minimum Gasteiger partial charge on any atom is -0.463 e. The first-order valence-electron chi connectivity index (χ1n) is 4.37. The summed E-state index contributed by atoms with van der Waals surface area (Å²) in [5.41, 5.74) is 2.00. The molecule has 1 heterocycles. The second-order valence-electron chi connectivity index (χ2n) is 3.96. The topological polar surface area (TPSA) is 54.6 Å². The quantitative estimate of drug-likeness (QED) is 0.576. The zero-order valence-corrected chi connectivity index (χ0v) is 8.57. The minimum absolute atomic E-state index is 0.125. The third kappa shape index (κ3) is 3.05. The molecule has 0 aromatic carbocycles. The summed E-state index contributed by atoms with van der Waals surface area (Å²) in [6.45, 7) is 5.47. The first-order chi connectivity index (χ1) is 6.50. The number of rotatable bonds is 2. The fourth-order valence-corrected chi connectivity index (χ4v) is 0.687. The van der Waals surface area contributed by atoms with E-state index in [0.29, 0.717) is 5.76 Å². The molecule has 0 bridgehead atoms. The number of furan rings is 1. The molecule has 1 N–H and O–H groups in total. The molecule has 1 amide bonds. The van der Waals surface area contributed by atoms with E-state index < -0.39 is 5.41 Å². The lowest BCUT2D eigenvalue weighted by Gasteiger charge is -2.14. The Labute approximate surface area is 83.0 Å². The highest BCUT2D eigenvalue weighted by atomic mass is 16.3. The van der Waals surface area contributed by atoms with Gasteiger partial charge in [0.2, 0.25) is 5.91 Å². The summed E-state index contributed by atoms with van der Waals surface area (Å²) in [4.78, 5) is 11.3. The Balaban J connectivity index is 2.45. The molecule has 0 atom stereocenters. The third-order valence-corrected chi connectivity index (χ3v) is 1.58. The molecule has 0 spiro atoms. The summed E-state index contributed by atoms with van der Waals surface area (Å²) in [5, 5.41) is 3.76. The Hall–Kier alpha value is -1.58. The molecule has 1 rings (SSSR count). The van der Waals surface area contributed by atoms with Gasteiger partial charge in [0.05, 0.1) is 12.5 Å². The lowest BCUT2D eigenvalue weighted by molar-refractivity contribution is -0.128. The normalized spacial score (nSPS) is 11.9. The van der Waals surface area contributed by atoms with Crippen LogP contribution in [-0.2, 0) is 4.79 Å². The standard InChI is InChI=1S/C10H14N2O2/c1-10(2,3)9(13)12-11-7-8-5-4-6-14-8/h4-7H,1-3H3,(H,12,13). The molecule has 0 aliphatic carbocycles. The Morgan fingerprint density at radius 1 is 1.57 bits per heavy atom. The van der Waals surface area contributed by atoms with Crippen LogP contribution in [0.5, 0.6) is 0 Å². The highest BCUT2D eigenvalue weighted by Crippen LogP contribution is 2.11. The molecule has 0 aliphatic rings. The van der Waals surface area contributed by atoms with Crippen molar-refractivity contribution < 1.29 is 9.21 Å². The molecular formula is C10H14N2O2. The fourth-order valence-electron chi connectivity index (χ4n) is 0.687. The van der Waals surface area contributed by atoms with Crippen LogP contribution in [-0.4, -0.2) is 12.1 Å². The van der Waals surface area contributed by atoms with E-state index in [9.17, 15) is 4.79 Å².